The van der Waals surface area contributed by atoms with Crippen molar-refractivity contribution in [3.63, 3.8) is 0 Å². The van der Waals surface area contributed by atoms with Crippen LogP contribution < -0.4 is 0 Å². The summed E-state index contributed by atoms with van der Waals surface area (Å²) in [6.07, 6.45) is 4.99. The number of imidazole rings is 1. The molecule has 0 unspecified atom stereocenters. The number of fused-ring (bicyclic) bond motifs is 4. The van der Waals surface area contributed by atoms with Crippen molar-refractivity contribution in [2.45, 2.75) is 20.8 Å². The number of rotatable bonds is 2. The lowest BCUT2D eigenvalue weighted by Crippen LogP contribution is -2.00. The largest absolute Gasteiger partial charge is 0.298 e. The van der Waals surface area contributed by atoms with E-state index < -0.39 is 0 Å². The van der Waals surface area contributed by atoms with Gasteiger partial charge >= 0.3 is 0 Å². The Hall–Kier alpha value is -4.06. The van der Waals surface area contributed by atoms with E-state index >= 15 is 0 Å². The molecule has 31 heavy (non-hydrogen) atoms. The molecule has 6 nitrogen and oxygen atoms in total. The Morgan fingerprint density at radius 2 is 1.65 bits per heavy atom. The molecule has 6 heteroatoms. The molecule has 0 spiro atoms. The van der Waals surface area contributed by atoms with Gasteiger partial charge < -0.3 is 0 Å². The van der Waals surface area contributed by atoms with Crippen molar-refractivity contribution >= 4 is 27.8 Å². The molecule has 150 valence electrons. The predicted molar refractivity (Wildman–Crippen MR) is 123 cm³/mol. The Kier molecular flexibility index (Phi) is 3.71. The molecule has 2 aromatic carbocycles. The first-order valence-corrected chi connectivity index (χ1v) is 10.2. The van der Waals surface area contributed by atoms with Crippen LogP contribution in [-0.4, -0.2) is 28.9 Å². The van der Waals surface area contributed by atoms with Gasteiger partial charge in [0.25, 0.3) is 0 Å². The first-order valence-electron chi connectivity index (χ1n) is 10.2. The van der Waals surface area contributed by atoms with Crippen LogP contribution in [-0.2, 0) is 0 Å². The van der Waals surface area contributed by atoms with Crippen molar-refractivity contribution in [1.82, 2.24) is 28.9 Å². The maximum absolute atomic E-state index is 4.72. The standard InChI is InChI=1S/C25H20N6/c1-15-11-23(31-22-7-5-4-6-21(22)30-17(3)8-9-24(30)31)16(2)10-18(15)19-13-27-20-12-26-14-28-25(20)29-19/h4-14H,1-3H3. The molecule has 4 aromatic heterocycles. The Morgan fingerprint density at radius 1 is 0.806 bits per heavy atom. The average Bonchev–Trinajstić information content (AvgIpc) is 3.32. The van der Waals surface area contributed by atoms with E-state index in [2.05, 4.69) is 93.2 Å². The highest BCUT2D eigenvalue weighted by atomic mass is 15.1. The molecule has 0 saturated heterocycles. The summed E-state index contributed by atoms with van der Waals surface area (Å²) in [5.41, 5.74) is 11.5. The second-order valence-corrected chi connectivity index (χ2v) is 7.93. The lowest BCUT2D eigenvalue weighted by molar-refractivity contribution is 1.09. The fourth-order valence-electron chi connectivity index (χ4n) is 4.45. The van der Waals surface area contributed by atoms with Gasteiger partial charge in [-0.2, -0.15) is 0 Å². The fraction of sp³-hybridized carbons (Fsp3) is 0.120. The SMILES string of the molecule is Cc1cc(-n2c3ccccc3n3c(C)ccc23)c(C)cc1-c1cnc2cncnc2n1. The Morgan fingerprint density at radius 3 is 2.52 bits per heavy atom. The van der Waals surface area contributed by atoms with Gasteiger partial charge in [-0.1, -0.05) is 12.1 Å². The van der Waals surface area contributed by atoms with Crippen molar-refractivity contribution in [2.75, 3.05) is 0 Å². The van der Waals surface area contributed by atoms with Crippen molar-refractivity contribution in [2.24, 2.45) is 0 Å². The van der Waals surface area contributed by atoms with Gasteiger partial charge in [-0.3, -0.25) is 8.97 Å². The Bertz CT molecular complexity index is 1620. The van der Waals surface area contributed by atoms with E-state index in [4.69, 9.17) is 4.98 Å². The van der Waals surface area contributed by atoms with E-state index in [-0.39, 0.29) is 0 Å². The molecule has 0 radical (unpaired) electrons. The van der Waals surface area contributed by atoms with E-state index in [1.54, 1.807) is 12.4 Å². The van der Waals surface area contributed by atoms with Crippen LogP contribution in [0.25, 0.3) is 44.8 Å². The first-order chi connectivity index (χ1) is 15.1. The molecule has 0 aliphatic carbocycles. The lowest BCUT2D eigenvalue weighted by Gasteiger charge is -2.14. The Labute approximate surface area is 178 Å². The highest BCUT2D eigenvalue weighted by molar-refractivity contribution is 5.86. The van der Waals surface area contributed by atoms with Gasteiger partial charge in [0.15, 0.2) is 5.65 Å². The van der Waals surface area contributed by atoms with Gasteiger partial charge in [-0.05, 0) is 68.3 Å². The number of aryl methyl sites for hydroxylation is 3. The van der Waals surface area contributed by atoms with Gasteiger partial charge in [0.2, 0.25) is 0 Å². The van der Waals surface area contributed by atoms with Gasteiger partial charge in [-0.15, -0.1) is 0 Å². The van der Waals surface area contributed by atoms with Crippen molar-refractivity contribution in [3.05, 3.63) is 84.1 Å². The average molecular weight is 404 g/mol. The molecule has 0 aliphatic heterocycles. The second kappa shape index (κ2) is 6.47. The van der Waals surface area contributed by atoms with Crippen molar-refractivity contribution < 1.29 is 0 Å². The monoisotopic (exact) mass is 404 g/mol. The Balaban J connectivity index is 1.59. The molecule has 0 N–H and O–H groups in total. The van der Waals surface area contributed by atoms with Crippen LogP contribution in [0.2, 0.25) is 0 Å². The normalized spacial score (nSPS) is 11.7. The summed E-state index contributed by atoms with van der Waals surface area (Å²) in [5.74, 6) is 0. The lowest BCUT2D eigenvalue weighted by atomic mass is 10.0. The van der Waals surface area contributed by atoms with Gasteiger partial charge in [-0.25, -0.2) is 19.9 Å². The predicted octanol–water partition coefficient (Wildman–Crippen LogP) is 5.21. The summed E-state index contributed by atoms with van der Waals surface area (Å²) in [7, 11) is 0. The number of benzene rings is 2. The molecule has 4 heterocycles. The number of hydrogen-bond acceptors (Lipinski definition) is 4. The minimum Gasteiger partial charge on any atom is -0.298 e. The zero-order valence-electron chi connectivity index (χ0n) is 17.5. The van der Waals surface area contributed by atoms with Crippen LogP contribution in [0, 0.1) is 20.8 Å². The summed E-state index contributed by atoms with van der Waals surface area (Å²) in [6, 6.07) is 17.3. The minimum atomic E-state index is 0.607. The first kappa shape index (κ1) is 17.8. The molecule has 0 fully saturated rings. The molecule has 0 bridgehead atoms. The summed E-state index contributed by atoms with van der Waals surface area (Å²) >= 11 is 0. The fourth-order valence-corrected chi connectivity index (χ4v) is 4.45. The highest BCUT2D eigenvalue weighted by Gasteiger charge is 2.17. The van der Waals surface area contributed by atoms with Crippen LogP contribution >= 0.6 is 0 Å². The molecule has 6 aromatic rings. The molecule has 0 amide bonds. The minimum absolute atomic E-state index is 0.607. The van der Waals surface area contributed by atoms with Crippen LogP contribution in [0.4, 0.5) is 0 Å². The maximum atomic E-state index is 4.72. The van der Waals surface area contributed by atoms with Crippen LogP contribution in [0.3, 0.4) is 0 Å². The smallest absolute Gasteiger partial charge is 0.181 e. The molecular formula is C25H20N6. The van der Waals surface area contributed by atoms with Crippen LogP contribution in [0.5, 0.6) is 0 Å². The topological polar surface area (TPSA) is 60.9 Å². The van der Waals surface area contributed by atoms with Gasteiger partial charge in [0, 0.05) is 11.3 Å². The molecule has 0 saturated carbocycles. The van der Waals surface area contributed by atoms with E-state index in [1.807, 2.05) is 0 Å². The summed E-state index contributed by atoms with van der Waals surface area (Å²) in [4.78, 5) is 17.5. The third-order valence-electron chi connectivity index (χ3n) is 5.93. The summed E-state index contributed by atoms with van der Waals surface area (Å²) in [5, 5.41) is 0. The van der Waals surface area contributed by atoms with Crippen LogP contribution in [0.15, 0.2) is 67.3 Å². The molecule has 0 aliphatic rings. The van der Waals surface area contributed by atoms with E-state index in [0.29, 0.717) is 11.2 Å². The molecule has 0 atom stereocenters. The van der Waals surface area contributed by atoms with E-state index in [1.165, 1.54) is 34.3 Å². The van der Waals surface area contributed by atoms with Gasteiger partial charge in [0.05, 0.1) is 34.8 Å². The zero-order chi connectivity index (χ0) is 21.1. The third-order valence-corrected chi connectivity index (χ3v) is 5.93. The maximum Gasteiger partial charge on any atom is 0.181 e. The van der Waals surface area contributed by atoms with Gasteiger partial charge in [0.1, 0.15) is 17.5 Å². The highest BCUT2D eigenvalue weighted by Crippen LogP contribution is 2.32. The molecule has 6 rings (SSSR count). The quantitative estimate of drug-likeness (QED) is 0.398. The number of para-hydroxylation sites is 2. The van der Waals surface area contributed by atoms with Crippen LogP contribution in [0.1, 0.15) is 16.8 Å². The van der Waals surface area contributed by atoms with E-state index in [0.717, 1.165) is 22.5 Å². The van der Waals surface area contributed by atoms with Crippen molar-refractivity contribution in [3.8, 4) is 16.9 Å². The zero-order valence-corrected chi connectivity index (χ0v) is 17.5. The second-order valence-electron chi connectivity index (χ2n) is 7.93. The number of hydrogen-bond donors (Lipinski definition) is 0. The number of aromatic nitrogens is 6. The molecular weight excluding hydrogens is 384 g/mol. The van der Waals surface area contributed by atoms with E-state index in [9.17, 15) is 0 Å². The summed E-state index contributed by atoms with van der Waals surface area (Å²) < 4.78 is 4.65. The summed E-state index contributed by atoms with van der Waals surface area (Å²) in [6.45, 7) is 6.42. The third kappa shape index (κ3) is 2.58. The van der Waals surface area contributed by atoms with Crippen molar-refractivity contribution in [1.29, 1.82) is 0 Å². The number of nitrogens with zero attached hydrogens (tertiary/aromatic N) is 6.